The molecule has 0 radical (unpaired) electrons. The van der Waals surface area contributed by atoms with Crippen molar-refractivity contribution in [1.82, 2.24) is 4.57 Å². The Labute approximate surface area is 152 Å². The van der Waals surface area contributed by atoms with E-state index in [4.69, 9.17) is 4.74 Å². The standard InChI is InChI=1S/C17H16N4O4S/c1-3-25-13-5-6-14-16(9-13)26-17(20(14)2)19-18-10-11-8-12(21(23)24)4-7-15(11)22/h4-10,22H,3H2,1-2H3/b18-10+,19-17-. The number of phenolic OH excluding ortho intramolecular Hbond substituents is 1. The third kappa shape index (κ3) is 3.57. The van der Waals surface area contributed by atoms with Crippen molar-refractivity contribution in [3.05, 3.63) is 56.9 Å². The second-order valence-corrected chi connectivity index (χ2v) is 6.36. The van der Waals surface area contributed by atoms with Gasteiger partial charge in [-0.05, 0) is 31.2 Å². The molecule has 0 spiro atoms. The fourth-order valence-corrected chi connectivity index (χ4v) is 3.37. The van der Waals surface area contributed by atoms with E-state index in [9.17, 15) is 15.2 Å². The molecule has 1 aromatic heterocycles. The molecular formula is C17H16N4O4S. The summed E-state index contributed by atoms with van der Waals surface area (Å²) in [6.07, 6.45) is 1.29. The lowest BCUT2D eigenvalue weighted by atomic mass is 10.2. The summed E-state index contributed by atoms with van der Waals surface area (Å²) in [7, 11) is 1.87. The first-order valence-corrected chi connectivity index (χ1v) is 8.58. The highest BCUT2D eigenvalue weighted by Crippen LogP contribution is 2.23. The molecular weight excluding hydrogens is 356 g/mol. The van der Waals surface area contributed by atoms with Crippen LogP contribution in [0.15, 0.2) is 46.6 Å². The molecule has 0 atom stereocenters. The summed E-state index contributed by atoms with van der Waals surface area (Å²) in [5.74, 6) is 0.690. The summed E-state index contributed by atoms with van der Waals surface area (Å²) in [6, 6.07) is 9.52. The Morgan fingerprint density at radius 3 is 2.88 bits per heavy atom. The Morgan fingerprint density at radius 2 is 2.15 bits per heavy atom. The number of aromatic nitrogens is 1. The second-order valence-electron chi connectivity index (χ2n) is 5.35. The van der Waals surface area contributed by atoms with Gasteiger partial charge in [-0.3, -0.25) is 10.1 Å². The van der Waals surface area contributed by atoms with Crippen LogP contribution in [-0.2, 0) is 7.05 Å². The molecule has 8 nitrogen and oxygen atoms in total. The van der Waals surface area contributed by atoms with Crippen molar-refractivity contribution in [3.8, 4) is 11.5 Å². The number of phenols is 1. The predicted octanol–water partition coefficient (Wildman–Crippen LogP) is 3.19. The van der Waals surface area contributed by atoms with Crippen molar-refractivity contribution in [2.75, 3.05) is 6.61 Å². The molecule has 3 aromatic rings. The lowest BCUT2D eigenvalue weighted by Gasteiger charge is -2.02. The van der Waals surface area contributed by atoms with Crippen LogP contribution in [0.25, 0.3) is 10.2 Å². The monoisotopic (exact) mass is 372 g/mol. The molecule has 134 valence electrons. The Morgan fingerprint density at radius 1 is 1.35 bits per heavy atom. The highest BCUT2D eigenvalue weighted by Gasteiger charge is 2.09. The topological polar surface area (TPSA) is 102 Å². The number of aromatic hydroxyl groups is 1. The normalized spacial score (nSPS) is 12.2. The van der Waals surface area contributed by atoms with Crippen molar-refractivity contribution < 1.29 is 14.8 Å². The number of hydrogen-bond acceptors (Lipinski definition) is 7. The van der Waals surface area contributed by atoms with Crippen molar-refractivity contribution in [1.29, 1.82) is 0 Å². The van der Waals surface area contributed by atoms with Crippen molar-refractivity contribution >= 4 is 33.5 Å². The van der Waals surface area contributed by atoms with Gasteiger partial charge in [-0.1, -0.05) is 11.3 Å². The van der Waals surface area contributed by atoms with Crippen LogP contribution < -0.4 is 9.54 Å². The number of ether oxygens (including phenoxy) is 1. The summed E-state index contributed by atoms with van der Waals surface area (Å²) in [6.45, 7) is 2.52. The number of fused-ring (bicyclic) bond motifs is 1. The SMILES string of the molecule is CCOc1ccc2c(c1)s/c(=N\N=C\c1cc([N+](=O)[O-])ccc1O)n2C. The lowest BCUT2D eigenvalue weighted by molar-refractivity contribution is -0.384. The van der Waals surface area contributed by atoms with Crippen LogP contribution in [0, 0.1) is 10.1 Å². The minimum Gasteiger partial charge on any atom is -0.507 e. The summed E-state index contributed by atoms with van der Waals surface area (Å²) in [5.41, 5.74) is 1.09. The predicted molar refractivity (Wildman–Crippen MR) is 99.9 cm³/mol. The van der Waals surface area contributed by atoms with Gasteiger partial charge < -0.3 is 14.4 Å². The minimum absolute atomic E-state index is 0.100. The number of non-ortho nitro benzene ring substituents is 1. The molecule has 9 heteroatoms. The van der Waals surface area contributed by atoms with E-state index in [2.05, 4.69) is 10.2 Å². The van der Waals surface area contributed by atoms with Crippen LogP contribution in [0.2, 0.25) is 0 Å². The maximum absolute atomic E-state index is 10.8. The number of hydrogen-bond donors (Lipinski definition) is 1. The zero-order valence-corrected chi connectivity index (χ0v) is 14.9. The molecule has 0 saturated carbocycles. The number of nitro groups is 1. The smallest absolute Gasteiger partial charge is 0.270 e. The van der Waals surface area contributed by atoms with Crippen molar-refractivity contribution in [3.63, 3.8) is 0 Å². The van der Waals surface area contributed by atoms with Gasteiger partial charge >= 0.3 is 0 Å². The molecule has 2 aromatic carbocycles. The van der Waals surface area contributed by atoms with E-state index < -0.39 is 4.92 Å². The molecule has 1 N–H and O–H groups in total. The second kappa shape index (κ2) is 7.36. The average Bonchev–Trinajstić information content (AvgIpc) is 2.92. The summed E-state index contributed by atoms with van der Waals surface area (Å²) in [5, 5.41) is 28.7. The van der Waals surface area contributed by atoms with E-state index >= 15 is 0 Å². The number of thiazole rings is 1. The number of nitro benzene ring substituents is 1. The molecule has 0 fully saturated rings. The number of rotatable bonds is 5. The Balaban J connectivity index is 1.95. The van der Waals surface area contributed by atoms with Gasteiger partial charge in [0.15, 0.2) is 0 Å². The number of benzene rings is 2. The molecule has 0 unspecified atom stereocenters. The zero-order valence-electron chi connectivity index (χ0n) is 14.1. The third-order valence-electron chi connectivity index (χ3n) is 3.65. The van der Waals surface area contributed by atoms with Crippen LogP contribution in [0.1, 0.15) is 12.5 Å². The minimum atomic E-state index is -0.532. The van der Waals surface area contributed by atoms with Gasteiger partial charge in [-0.15, -0.1) is 5.10 Å². The van der Waals surface area contributed by atoms with Gasteiger partial charge in [0.2, 0.25) is 4.80 Å². The molecule has 0 saturated heterocycles. The van der Waals surface area contributed by atoms with Gasteiger partial charge in [0.25, 0.3) is 5.69 Å². The first-order chi connectivity index (χ1) is 12.5. The Bertz CT molecular complexity index is 1070. The molecule has 0 bridgehead atoms. The number of nitrogens with zero attached hydrogens (tertiary/aromatic N) is 4. The Hall–Kier alpha value is -3.20. The van der Waals surface area contributed by atoms with Crippen LogP contribution in [0.3, 0.4) is 0 Å². The highest BCUT2D eigenvalue weighted by molar-refractivity contribution is 7.16. The lowest BCUT2D eigenvalue weighted by Crippen LogP contribution is -2.08. The zero-order chi connectivity index (χ0) is 18.7. The van der Waals surface area contributed by atoms with E-state index in [1.54, 1.807) is 0 Å². The van der Waals surface area contributed by atoms with Crippen LogP contribution in [0.4, 0.5) is 5.69 Å². The molecule has 0 aliphatic carbocycles. The summed E-state index contributed by atoms with van der Waals surface area (Å²) < 4.78 is 8.39. The third-order valence-corrected chi connectivity index (χ3v) is 4.74. The molecule has 26 heavy (non-hydrogen) atoms. The molecule has 0 aliphatic rings. The van der Waals surface area contributed by atoms with E-state index in [1.165, 1.54) is 35.8 Å². The average molecular weight is 372 g/mol. The van der Waals surface area contributed by atoms with E-state index in [0.29, 0.717) is 11.4 Å². The summed E-state index contributed by atoms with van der Waals surface area (Å²) in [4.78, 5) is 10.9. The fourth-order valence-electron chi connectivity index (χ4n) is 2.37. The maximum Gasteiger partial charge on any atom is 0.270 e. The van der Waals surface area contributed by atoms with Crippen LogP contribution in [-0.4, -0.2) is 27.4 Å². The van der Waals surface area contributed by atoms with Crippen LogP contribution in [0.5, 0.6) is 11.5 Å². The molecule has 0 amide bonds. The Kier molecular flexibility index (Phi) is 4.99. The summed E-state index contributed by atoms with van der Waals surface area (Å²) >= 11 is 1.44. The highest BCUT2D eigenvalue weighted by atomic mass is 32.1. The van der Waals surface area contributed by atoms with Gasteiger partial charge in [0.05, 0.1) is 28.0 Å². The van der Waals surface area contributed by atoms with Crippen molar-refractivity contribution in [2.24, 2.45) is 17.3 Å². The van der Waals surface area contributed by atoms with Crippen molar-refractivity contribution in [2.45, 2.75) is 6.92 Å². The first kappa shape index (κ1) is 17.6. The van der Waals surface area contributed by atoms with Gasteiger partial charge in [-0.2, -0.15) is 5.10 Å². The van der Waals surface area contributed by atoms with E-state index in [-0.39, 0.29) is 17.0 Å². The first-order valence-electron chi connectivity index (χ1n) is 7.76. The molecule has 3 rings (SSSR count). The van der Waals surface area contributed by atoms with Gasteiger partial charge in [0, 0.05) is 24.7 Å². The van der Waals surface area contributed by atoms with Crippen LogP contribution >= 0.6 is 11.3 Å². The van der Waals surface area contributed by atoms with Gasteiger partial charge in [-0.25, -0.2) is 0 Å². The quantitative estimate of drug-likeness (QED) is 0.422. The fraction of sp³-hybridized carbons (Fsp3) is 0.176. The molecule has 0 aliphatic heterocycles. The number of aryl methyl sites for hydroxylation is 1. The maximum atomic E-state index is 10.8. The van der Waals surface area contributed by atoms with E-state index in [1.807, 2.05) is 36.7 Å². The largest absolute Gasteiger partial charge is 0.507 e. The van der Waals surface area contributed by atoms with Gasteiger partial charge in [0.1, 0.15) is 11.5 Å². The molecule has 1 heterocycles. The van der Waals surface area contributed by atoms with E-state index in [0.717, 1.165) is 16.0 Å².